The molecule has 230 valence electrons. The fourth-order valence-corrected chi connectivity index (χ4v) is 7.19. The van der Waals surface area contributed by atoms with Crippen LogP contribution in [0, 0.1) is 6.92 Å². The standard InChI is InChI=1S/C33H41N3O5S2/c1-5-31(33(38)34-26-10-6-7-11-26)35(22-25-9-8-12-28(21-25)41-3)32(37)23-36(27-15-13-24(2)14-16-27)43(39,40)30-19-17-29(42-4)18-20-30/h8-9,12-21,26,31H,5-7,10-11,22-23H2,1-4H3,(H,34,38)/t31-/m0/s1. The molecule has 0 aromatic heterocycles. The number of nitrogens with one attached hydrogen (secondary N) is 1. The van der Waals surface area contributed by atoms with Gasteiger partial charge in [-0.15, -0.1) is 11.8 Å². The van der Waals surface area contributed by atoms with Gasteiger partial charge in [-0.05, 0) is 86.5 Å². The molecule has 43 heavy (non-hydrogen) atoms. The first-order chi connectivity index (χ1) is 20.7. The maximum atomic E-state index is 14.3. The number of anilines is 1. The number of nitrogens with zero attached hydrogens (tertiary/aromatic N) is 2. The second kappa shape index (κ2) is 14.8. The summed E-state index contributed by atoms with van der Waals surface area (Å²) in [6.45, 7) is 3.44. The zero-order valence-electron chi connectivity index (χ0n) is 25.3. The van der Waals surface area contributed by atoms with Crippen LogP contribution < -0.4 is 14.4 Å². The molecule has 4 rings (SSSR count). The minimum Gasteiger partial charge on any atom is -0.497 e. The lowest BCUT2D eigenvalue weighted by Crippen LogP contribution is -2.53. The van der Waals surface area contributed by atoms with Crippen molar-refractivity contribution in [2.75, 3.05) is 24.2 Å². The Bertz CT molecular complexity index is 1490. The molecule has 0 bridgehead atoms. The van der Waals surface area contributed by atoms with Crippen LogP contribution in [0.15, 0.2) is 82.6 Å². The third-order valence-electron chi connectivity index (χ3n) is 7.82. The molecule has 8 nitrogen and oxygen atoms in total. The fraction of sp³-hybridized carbons (Fsp3) is 0.394. The summed E-state index contributed by atoms with van der Waals surface area (Å²) in [6, 6.07) is 20.3. The first-order valence-corrected chi connectivity index (χ1v) is 17.3. The number of carbonyl (C=O) groups is 2. The summed E-state index contributed by atoms with van der Waals surface area (Å²) in [5, 5.41) is 3.14. The number of thioether (sulfide) groups is 1. The van der Waals surface area contributed by atoms with Gasteiger partial charge in [0.25, 0.3) is 10.0 Å². The summed E-state index contributed by atoms with van der Waals surface area (Å²) in [7, 11) is -2.55. The maximum Gasteiger partial charge on any atom is 0.264 e. The van der Waals surface area contributed by atoms with Crippen LogP contribution in [-0.4, -0.2) is 57.1 Å². The molecule has 3 aromatic rings. The number of amides is 2. The average Bonchev–Trinajstić information content (AvgIpc) is 3.53. The monoisotopic (exact) mass is 623 g/mol. The number of ether oxygens (including phenoxy) is 1. The molecule has 10 heteroatoms. The SMILES string of the molecule is CC[C@@H](C(=O)NC1CCCC1)N(Cc1cccc(OC)c1)C(=O)CN(c1ccc(C)cc1)S(=O)(=O)c1ccc(SC)cc1. The average molecular weight is 624 g/mol. The third kappa shape index (κ3) is 8.12. The summed E-state index contributed by atoms with van der Waals surface area (Å²) < 4.78 is 34.7. The third-order valence-corrected chi connectivity index (χ3v) is 10.4. The summed E-state index contributed by atoms with van der Waals surface area (Å²) >= 11 is 1.52. The molecule has 0 radical (unpaired) electrons. The van der Waals surface area contributed by atoms with E-state index in [0.717, 1.165) is 46.0 Å². The van der Waals surface area contributed by atoms with Gasteiger partial charge in [0.1, 0.15) is 18.3 Å². The van der Waals surface area contributed by atoms with E-state index in [2.05, 4.69) is 5.32 Å². The van der Waals surface area contributed by atoms with Crippen LogP contribution in [0.1, 0.15) is 50.2 Å². The summed E-state index contributed by atoms with van der Waals surface area (Å²) in [5.41, 5.74) is 2.11. The van der Waals surface area contributed by atoms with E-state index in [1.165, 1.54) is 16.7 Å². The molecule has 0 heterocycles. The lowest BCUT2D eigenvalue weighted by Gasteiger charge is -2.34. The Morgan fingerprint density at radius 3 is 2.30 bits per heavy atom. The highest BCUT2D eigenvalue weighted by atomic mass is 32.2. The zero-order chi connectivity index (χ0) is 31.0. The minimum atomic E-state index is -4.12. The van der Waals surface area contributed by atoms with Crippen molar-refractivity contribution in [1.29, 1.82) is 0 Å². The number of aryl methyl sites for hydroxylation is 1. The molecule has 0 saturated heterocycles. The Kier molecular flexibility index (Phi) is 11.2. The minimum absolute atomic E-state index is 0.0870. The van der Waals surface area contributed by atoms with Gasteiger partial charge in [-0.1, -0.05) is 49.6 Å². The molecule has 1 N–H and O–H groups in total. The molecule has 1 aliphatic carbocycles. The molecule has 2 amide bonds. The number of hydrogen-bond acceptors (Lipinski definition) is 6. The smallest absolute Gasteiger partial charge is 0.264 e. The van der Waals surface area contributed by atoms with Crippen molar-refractivity contribution in [3.63, 3.8) is 0 Å². The zero-order valence-corrected chi connectivity index (χ0v) is 26.9. The van der Waals surface area contributed by atoms with E-state index >= 15 is 0 Å². The van der Waals surface area contributed by atoms with Gasteiger partial charge >= 0.3 is 0 Å². The molecule has 1 fully saturated rings. The molecular weight excluding hydrogens is 583 g/mol. The fourth-order valence-electron chi connectivity index (χ4n) is 5.37. The Labute approximate surface area is 259 Å². The molecule has 1 atom stereocenters. The second-order valence-corrected chi connectivity index (χ2v) is 13.6. The van der Waals surface area contributed by atoms with Crippen molar-refractivity contribution < 1.29 is 22.7 Å². The number of benzene rings is 3. The Morgan fingerprint density at radius 1 is 1.02 bits per heavy atom. The number of carbonyl (C=O) groups excluding carboxylic acids is 2. The van der Waals surface area contributed by atoms with Crippen molar-refractivity contribution in [3.05, 3.63) is 83.9 Å². The number of hydrogen-bond donors (Lipinski definition) is 1. The van der Waals surface area contributed by atoms with Crippen LogP contribution in [0.3, 0.4) is 0 Å². The topological polar surface area (TPSA) is 96.0 Å². The van der Waals surface area contributed by atoms with E-state index in [1.54, 1.807) is 43.5 Å². The Hall–Kier alpha value is -3.50. The van der Waals surface area contributed by atoms with Gasteiger partial charge in [0.15, 0.2) is 0 Å². The lowest BCUT2D eigenvalue weighted by molar-refractivity contribution is -0.140. The highest BCUT2D eigenvalue weighted by Crippen LogP contribution is 2.27. The predicted molar refractivity (Wildman–Crippen MR) is 172 cm³/mol. The van der Waals surface area contributed by atoms with Crippen molar-refractivity contribution in [2.45, 2.75) is 74.4 Å². The van der Waals surface area contributed by atoms with Crippen molar-refractivity contribution in [1.82, 2.24) is 10.2 Å². The number of methoxy groups -OCH3 is 1. The predicted octanol–water partition coefficient (Wildman–Crippen LogP) is 5.79. The van der Waals surface area contributed by atoms with Gasteiger partial charge in [-0.2, -0.15) is 0 Å². The molecular formula is C33H41N3O5S2. The summed E-state index contributed by atoms with van der Waals surface area (Å²) in [4.78, 5) is 30.4. The second-order valence-electron chi connectivity index (χ2n) is 10.8. The summed E-state index contributed by atoms with van der Waals surface area (Å²) in [6.07, 6.45) is 6.26. The number of rotatable bonds is 13. The molecule has 0 aliphatic heterocycles. The van der Waals surface area contributed by atoms with Crippen LogP contribution >= 0.6 is 11.8 Å². The number of sulfonamides is 1. The van der Waals surface area contributed by atoms with E-state index in [1.807, 2.05) is 56.5 Å². The van der Waals surface area contributed by atoms with Gasteiger partial charge in [0.2, 0.25) is 11.8 Å². The van der Waals surface area contributed by atoms with Crippen molar-refractivity contribution in [3.8, 4) is 5.75 Å². The Morgan fingerprint density at radius 2 is 1.70 bits per heavy atom. The molecule has 3 aromatic carbocycles. The van der Waals surface area contributed by atoms with Crippen LogP contribution in [0.25, 0.3) is 0 Å². The first-order valence-electron chi connectivity index (χ1n) is 14.6. The molecule has 1 aliphatic rings. The first kappa shape index (κ1) is 32.4. The van der Waals surface area contributed by atoms with Crippen molar-refractivity contribution in [2.24, 2.45) is 0 Å². The molecule has 0 unspecified atom stereocenters. The van der Waals surface area contributed by atoms with E-state index in [4.69, 9.17) is 4.74 Å². The Balaban J connectivity index is 1.71. The molecule has 0 spiro atoms. The highest BCUT2D eigenvalue weighted by Gasteiger charge is 2.34. The lowest BCUT2D eigenvalue weighted by atomic mass is 10.1. The van der Waals surface area contributed by atoms with Crippen LogP contribution in [0.2, 0.25) is 0 Å². The maximum absolute atomic E-state index is 14.3. The largest absolute Gasteiger partial charge is 0.497 e. The van der Waals surface area contributed by atoms with Crippen LogP contribution in [-0.2, 0) is 26.2 Å². The van der Waals surface area contributed by atoms with E-state index < -0.39 is 28.5 Å². The quantitative estimate of drug-likeness (QED) is 0.242. The van der Waals surface area contributed by atoms with Gasteiger partial charge in [0, 0.05) is 17.5 Å². The van der Waals surface area contributed by atoms with E-state index in [9.17, 15) is 18.0 Å². The van der Waals surface area contributed by atoms with E-state index in [0.29, 0.717) is 17.9 Å². The van der Waals surface area contributed by atoms with Gasteiger partial charge in [-0.25, -0.2) is 8.42 Å². The van der Waals surface area contributed by atoms with Gasteiger partial charge < -0.3 is 15.0 Å². The van der Waals surface area contributed by atoms with Crippen LogP contribution in [0.4, 0.5) is 5.69 Å². The normalized spacial score (nSPS) is 14.2. The van der Waals surface area contributed by atoms with Crippen molar-refractivity contribution >= 4 is 39.3 Å². The van der Waals surface area contributed by atoms with Gasteiger partial charge in [0.05, 0.1) is 17.7 Å². The van der Waals surface area contributed by atoms with Crippen LogP contribution in [0.5, 0.6) is 5.75 Å². The summed E-state index contributed by atoms with van der Waals surface area (Å²) in [5.74, 6) is -0.0601. The molecule has 1 saturated carbocycles. The van der Waals surface area contributed by atoms with Gasteiger partial charge in [-0.3, -0.25) is 13.9 Å². The highest BCUT2D eigenvalue weighted by molar-refractivity contribution is 7.98. The van der Waals surface area contributed by atoms with E-state index in [-0.39, 0.29) is 23.4 Å².